The van der Waals surface area contributed by atoms with Crippen molar-refractivity contribution >= 4 is 27.3 Å². The van der Waals surface area contributed by atoms with Crippen LogP contribution in [0, 0.1) is 10.1 Å². The molecule has 1 fully saturated rings. The molecule has 20 heavy (non-hydrogen) atoms. The molecule has 1 saturated heterocycles. The molecule has 1 aliphatic heterocycles. The maximum absolute atomic E-state index is 12.6. The second-order valence-electron chi connectivity index (χ2n) is 4.41. The Morgan fingerprint density at radius 2 is 2.20 bits per heavy atom. The zero-order valence-electron chi connectivity index (χ0n) is 10.7. The van der Waals surface area contributed by atoms with Crippen LogP contribution in [-0.2, 0) is 14.8 Å². The van der Waals surface area contributed by atoms with Crippen LogP contribution in [0.25, 0.3) is 0 Å². The molecule has 1 heterocycles. The van der Waals surface area contributed by atoms with Gasteiger partial charge in [0.25, 0.3) is 5.69 Å². The molecule has 1 atom stereocenters. The molecular weight excluding hydrogens is 308 g/mol. The number of halogens is 1. The van der Waals surface area contributed by atoms with Gasteiger partial charge >= 0.3 is 0 Å². The van der Waals surface area contributed by atoms with Gasteiger partial charge in [0.1, 0.15) is 4.90 Å². The molecule has 0 bridgehead atoms. The largest absolute Gasteiger partial charge is 0.378 e. The molecule has 0 radical (unpaired) electrons. The van der Waals surface area contributed by atoms with Crippen LogP contribution in [0.5, 0.6) is 0 Å². The van der Waals surface area contributed by atoms with Gasteiger partial charge in [0.15, 0.2) is 0 Å². The van der Waals surface area contributed by atoms with Gasteiger partial charge in [0.05, 0.1) is 23.2 Å². The summed E-state index contributed by atoms with van der Waals surface area (Å²) in [6.07, 6.45) is 0. The second kappa shape index (κ2) is 5.65. The lowest BCUT2D eigenvalue weighted by Crippen LogP contribution is -2.47. The zero-order valence-corrected chi connectivity index (χ0v) is 12.2. The predicted molar refractivity (Wildman–Crippen MR) is 72.3 cm³/mol. The van der Waals surface area contributed by atoms with Gasteiger partial charge in [-0.2, -0.15) is 4.31 Å². The van der Waals surface area contributed by atoms with E-state index in [1.807, 2.05) is 0 Å². The van der Waals surface area contributed by atoms with E-state index in [0.717, 1.165) is 6.07 Å². The minimum absolute atomic E-state index is 0.0331. The lowest BCUT2D eigenvalue weighted by Gasteiger charge is -2.32. The first-order chi connectivity index (χ1) is 9.34. The summed E-state index contributed by atoms with van der Waals surface area (Å²) >= 11 is 5.89. The monoisotopic (exact) mass is 320 g/mol. The van der Waals surface area contributed by atoms with Crippen LogP contribution < -0.4 is 0 Å². The summed E-state index contributed by atoms with van der Waals surface area (Å²) in [6, 6.07) is 3.03. The number of hydrogen-bond acceptors (Lipinski definition) is 5. The lowest BCUT2D eigenvalue weighted by molar-refractivity contribution is -0.385. The number of benzene rings is 1. The molecule has 1 unspecified atom stereocenters. The molecule has 0 spiro atoms. The summed E-state index contributed by atoms with van der Waals surface area (Å²) in [7, 11) is -3.88. The summed E-state index contributed by atoms with van der Waals surface area (Å²) in [6.45, 7) is 2.48. The number of ether oxygens (including phenoxy) is 1. The number of nitro benzene ring substituents is 1. The molecule has 0 amide bonds. The summed E-state index contributed by atoms with van der Waals surface area (Å²) in [5.74, 6) is 0. The highest BCUT2D eigenvalue weighted by atomic mass is 35.5. The van der Waals surface area contributed by atoms with Gasteiger partial charge in [-0.15, -0.1) is 0 Å². The van der Waals surface area contributed by atoms with E-state index < -0.39 is 14.9 Å². The molecular formula is C11H13ClN2O5S. The first kappa shape index (κ1) is 15.2. The minimum atomic E-state index is -3.88. The third kappa shape index (κ3) is 2.78. The Morgan fingerprint density at radius 1 is 1.50 bits per heavy atom. The Balaban J connectivity index is 2.48. The third-order valence-corrected chi connectivity index (χ3v) is 5.51. The first-order valence-corrected chi connectivity index (χ1v) is 7.69. The normalized spacial score (nSPS) is 20.8. The van der Waals surface area contributed by atoms with Crippen molar-refractivity contribution in [1.29, 1.82) is 0 Å². The molecule has 2 rings (SSSR count). The second-order valence-corrected chi connectivity index (χ2v) is 6.68. The molecule has 7 nitrogen and oxygen atoms in total. The topological polar surface area (TPSA) is 89.8 Å². The van der Waals surface area contributed by atoms with E-state index in [1.165, 1.54) is 16.4 Å². The van der Waals surface area contributed by atoms with Crippen molar-refractivity contribution in [3.63, 3.8) is 0 Å². The predicted octanol–water partition coefficient (Wildman–Crippen LogP) is 1.66. The molecule has 0 aliphatic carbocycles. The fourth-order valence-electron chi connectivity index (χ4n) is 2.00. The fraction of sp³-hybridized carbons (Fsp3) is 0.455. The smallest absolute Gasteiger partial charge is 0.270 e. The van der Waals surface area contributed by atoms with Gasteiger partial charge in [-0.25, -0.2) is 8.42 Å². The number of hydrogen-bond donors (Lipinski definition) is 0. The Kier molecular flexibility index (Phi) is 4.28. The Labute approximate surface area is 121 Å². The Bertz CT molecular complexity index is 634. The molecule has 0 saturated carbocycles. The van der Waals surface area contributed by atoms with Crippen LogP contribution >= 0.6 is 11.6 Å². The number of morpholine rings is 1. The molecule has 1 aromatic rings. The lowest BCUT2D eigenvalue weighted by atomic mass is 10.3. The number of non-ortho nitro benzene ring substituents is 1. The standard InChI is InChI=1S/C11H13ClN2O5S/c1-8-7-19-5-4-13(8)20(17,18)11-6-9(14(15)16)2-3-10(11)12/h2-3,6,8H,4-5,7H2,1H3. The molecule has 0 aromatic heterocycles. The molecule has 110 valence electrons. The van der Waals surface area contributed by atoms with E-state index in [4.69, 9.17) is 16.3 Å². The van der Waals surface area contributed by atoms with E-state index in [-0.39, 0.29) is 41.4 Å². The van der Waals surface area contributed by atoms with Crippen molar-refractivity contribution in [1.82, 2.24) is 4.31 Å². The average molecular weight is 321 g/mol. The zero-order chi connectivity index (χ0) is 14.9. The van der Waals surface area contributed by atoms with Crippen LogP contribution in [0.2, 0.25) is 5.02 Å². The summed E-state index contributed by atoms with van der Waals surface area (Å²) < 4.78 is 31.6. The quantitative estimate of drug-likeness (QED) is 0.624. The van der Waals surface area contributed by atoms with Gasteiger partial charge in [-0.05, 0) is 13.0 Å². The summed E-state index contributed by atoms with van der Waals surface area (Å²) in [4.78, 5) is 9.86. The van der Waals surface area contributed by atoms with E-state index in [0.29, 0.717) is 0 Å². The van der Waals surface area contributed by atoms with Crippen LogP contribution in [0.15, 0.2) is 23.1 Å². The van der Waals surface area contributed by atoms with Gasteiger partial charge < -0.3 is 4.74 Å². The molecule has 1 aromatic carbocycles. The summed E-state index contributed by atoms with van der Waals surface area (Å²) in [5.41, 5.74) is -0.311. The van der Waals surface area contributed by atoms with Gasteiger partial charge in [0.2, 0.25) is 10.0 Å². The van der Waals surface area contributed by atoms with Crippen LogP contribution in [-0.4, -0.2) is 43.4 Å². The molecule has 1 aliphatic rings. The molecule has 0 N–H and O–H groups in total. The number of nitrogens with zero attached hydrogens (tertiary/aromatic N) is 2. The Morgan fingerprint density at radius 3 is 2.80 bits per heavy atom. The van der Waals surface area contributed by atoms with Crippen molar-refractivity contribution in [2.75, 3.05) is 19.8 Å². The van der Waals surface area contributed by atoms with Crippen molar-refractivity contribution < 1.29 is 18.1 Å². The van der Waals surface area contributed by atoms with Crippen LogP contribution in [0.3, 0.4) is 0 Å². The number of sulfonamides is 1. The van der Waals surface area contributed by atoms with Gasteiger partial charge in [-0.1, -0.05) is 11.6 Å². The van der Waals surface area contributed by atoms with Crippen molar-refractivity contribution in [3.05, 3.63) is 33.3 Å². The number of nitro groups is 1. The maximum Gasteiger partial charge on any atom is 0.270 e. The van der Waals surface area contributed by atoms with E-state index in [1.54, 1.807) is 6.92 Å². The summed E-state index contributed by atoms with van der Waals surface area (Å²) in [5, 5.41) is 10.7. The maximum atomic E-state index is 12.6. The van der Waals surface area contributed by atoms with Crippen molar-refractivity contribution in [2.24, 2.45) is 0 Å². The SMILES string of the molecule is CC1COCCN1S(=O)(=O)c1cc([N+](=O)[O-])ccc1Cl. The van der Waals surface area contributed by atoms with Crippen molar-refractivity contribution in [3.8, 4) is 0 Å². The highest BCUT2D eigenvalue weighted by Gasteiger charge is 2.33. The highest BCUT2D eigenvalue weighted by Crippen LogP contribution is 2.30. The van der Waals surface area contributed by atoms with Gasteiger partial charge in [-0.3, -0.25) is 10.1 Å². The molecule has 9 heteroatoms. The first-order valence-electron chi connectivity index (χ1n) is 5.87. The van der Waals surface area contributed by atoms with E-state index in [9.17, 15) is 18.5 Å². The number of rotatable bonds is 3. The fourth-order valence-corrected chi connectivity index (χ4v) is 4.09. The minimum Gasteiger partial charge on any atom is -0.378 e. The highest BCUT2D eigenvalue weighted by molar-refractivity contribution is 7.89. The van der Waals surface area contributed by atoms with E-state index >= 15 is 0 Å². The average Bonchev–Trinajstić information content (AvgIpc) is 2.39. The van der Waals surface area contributed by atoms with Crippen LogP contribution in [0.4, 0.5) is 5.69 Å². The van der Waals surface area contributed by atoms with Crippen molar-refractivity contribution in [2.45, 2.75) is 17.9 Å². The van der Waals surface area contributed by atoms with E-state index in [2.05, 4.69) is 0 Å². The Hall–Kier alpha value is -1.22. The third-order valence-electron chi connectivity index (χ3n) is 3.02. The van der Waals surface area contributed by atoms with Crippen LogP contribution in [0.1, 0.15) is 6.92 Å². The van der Waals surface area contributed by atoms with Gasteiger partial charge in [0, 0.05) is 24.7 Å².